The molecule has 7 heteroatoms. The van der Waals surface area contributed by atoms with E-state index in [-0.39, 0.29) is 24.2 Å². The zero-order valence-electron chi connectivity index (χ0n) is 15.5. The van der Waals surface area contributed by atoms with Gasteiger partial charge in [-0.1, -0.05) is 13.2 Å². The first-order chi connectivity index (χ1) is 12.9. The lowest BCUT2D eigenvalue weighted by Gasteiger charge is -2.29. The number of hydroxylamine groups is 4. The third-order valence-corrected chi connectivity index (χ3v) is 3.53. The third kappa shape index (κ3) is 5.86. The largest absolute Gasteiger partial charge is 0.274 e. The number of hydrogen-bond acceptors (Lipinski definition) is 5. The molecule has 0 unspecified atom stereocenters. The molecule has 140 valence electrons. The smallest absolute Gasteiger partial charge is 0.267 e. The maximum atomic E-state index is 12.5. The fourth-order valence-corrected chi connectivity index (χ4v) is 2.13. The standard InChI is InChI=1S/C20H22N4O3/c1-15(2)19(25)23(13-17-5-9-21-10-6-17)27-24(20(26)16(3)4)14-18-7-11-22-12-8-18/h5-12H,1,3,13-14H2,2,4H3. The van der Waals surface area contributed by atoms with Gasteiger partial charge >= 0.3 is 0 Å². The first kappa shape index (κ1) is 20.0. The lowest BCUT2D eigenvalue weighted by Crippen LogP contribution is -2.42. The molecule has 0 aliphatic rings. The summed E-state index contributed by atoms with van der Waals surface area (Å²) in [6.45, 7) is 10.8. The van der Waals surface area contributed by atoms with Gasteiger partial charge in [0, 0.05) is 35.9 Å². The summed E-state index contributed by atoms with van der Waals surface area (Å²) in [4.78, 5) is 38.7. The highest BCUT2D eigenvalue weighted by Crippen LogP contribution is 2.14. The van der Waals surface area contributed by atoms with Crippen molar-refractivity contribution in [2.45, 2.75) is 26.9 Å². The first-order valence-electron chi connectivity index (χ1n) is 8.29. The van der Waals surface area contributed by atoms with E-state index in [9.17, 15) is 9.59 Å². The van der Waals surface area contributed by atoms with Gasteiger partial charge in [0.15, 0.2) is 0 Å². The van der Waals surface area contributed by atoms with E-state index >= 15 is 0 Å². The van der Waals surface area contributed by atoms with Gasteiger partial charge in [0.2, 0.25) is 0 Å². The molecule has 2 aromatic heterocycles. The van der Waals surface area contributed by atoms with Crippen LogP contribution >= 0.6 is 0 Å². The highest BCUT2D eigenvalue weighted by atomic mass is 16.8. The summed E-state index contributed by atoms with van der Waals surface area (Å²) in [6.07, 6.45) is 6.47. The Balaban J connectivity index is 2.27. The molecule has 2 heterocycles. The Kier molecular flexibility index (Phi) is 6.96. The van der Waals surface area contributed by atoms with Gasteiger partial charge < -0.3 is 0 Å². The molecule has 0 bridgehead atoms. The molecular formula is C20H22N4O3. The topological polar surface area (TPSA) is 75.6 Å². The Hall–Kier alpha value is -3.32. The van der Waals surface area contributed by atoms with Crippen LogP contribution in [0.5, 0.6) is 0 Å². The second-order valence-electron chi connectivity index (χ2n) is 6.04. The molecule has 2 rings (SSSR count). The normalized spacial score (nSPS) is 10.1. The van der Waals surface area contributed by atoms with Gasteiger partial charge in [-0.2, -0.15) is 10.1 Å². The fourth-order valence-electron chi connectivity index (χ4n) is 2.13. The van der Waals surface area contributed by atoms with E-state index in [1.807, 2.05) is 0 Å². The predicted molar refractivity (Wildman–Crippen MR) is 100 cm³/mol. The summed E-state index contributed by atoms with van der Waals surface area (Å²) < 4.78 is 0. The Bertz CT molecular complexity index is 752. The number of rotatable bonds is 8. The highest BCUT2D eigenvalue weighted by Gasteiger charge is 2.24. The summed E-state index contributed by atoms with van der Waals surface area (Å²) >= 11 is 0. The van der Waals surface area contributed by atoms with E-state index < -0.39 is 11.8 Å². The van der Waals surface area contributed by atoms with Gasteiger partial charge in [-0.15, -0.1) is 4.94 Å². The Labute approximate surface area is 158 Å². The van der Waals surface area contributed by atoms with Crippen molar-refractivity contribution in [3.63, 3.8) is 0 Å². The average molecular weight is 366 g/mol. The summed E-state index contributed by atoms with van der Waals surface area (Å²) in [5.41, 5.74) is 2.17. The van der Waals surface area contributed by atoms with Crippen molar-refractivity contribution < 1.29 is 14.5 Å². The van der Waals surface area contributed by atoms with Crippen molar-refractivity contribution in [3.8, 4) is 0 Å². The van der Waals surface area contributed by atoms with Gasteiger partial charge in [-0.25, -0.2) is 0 Å². The van der Waals surface area contributed by atoms with E-state index in [1.54, 1.807) is 62.9 Å². The van der Waals surface area contributed by atoms with Crippen molar-refractivity contribution in [3.05, 3.63) is 84.5 Å². The van der Waals surface area contributed by atoms with Crippen LogP contribution in [0.25, 0.3) is 0 Å². The maximum absolute atomic E-state index is 12.5. The number of nitrogens with zero attached hydrogens (tertiary/aromatic N) is 4. The molecule has 0 fully saturated rings. The van der Waals surface area contributed by atoms with Crippen molar-refractivity contribution >= 4 is 11.8 Å². The molecular weight excluding hydrogens is 344 g/mol. The minimum absolute atomic E-state index is 0.129. The molecule has 0 aliphatic carbocycles. The Morgan fingerprint density at radius 3 is 1.44 bits per heavy atom. The SMILES string of the molecule is C=C(C)C(=O)N(Cc1ccncc1)ON(Cc1ccncc1)C(=O)C(=C)C. The van der Waals surface area contributed by atoms with Crippen molar-refractivity contribution in [2.24, 2.45) is 0 Å². The summed E-state index contributed by atoms with van der Waals surface area (Å²) in [5.74, 6) is -0.859. The van der Waals surface area contributed by atoms with Crippen LogP contribution in [-0.4, -0.2) is 31.9 Å². The van der Waals surface area contributed by atoms with E-state index in [0.717, 1.165) is 21.3 Å². The quantitative estimate of drug-likeness (QED) is 0.530. The van der Waals surface area contributed by atoms with Gasteiger partial charge in [0.05, 0.1) is 13.1 Å². The molecule has 2 aromatic rings. The number of aromatic nitrogens is 2. The molecule has 0 spiro atoms. The first-order valence-corrected chi connectivity index (χ1v) is 8.29. The molecule has 0 saturated carbocycles. The Morgan fingerprint density at radius 1 is 0.815 bits per heavy atom. The third-order valence-electron chi connectivity index (χ3n) is 3.53. The molecule has 0 aliphatic heterocycles. The number of carbonyl (C=O) groups is 2. The maximum Gasteiger partial charge on any atom is 0.274 e. The molecule has 0 N–H and O–H groups in total. The van der Waals surface area contributed by atoms with Crippen LogP contribution in [-0.2, 0) is 27.6 Å². The highest BCUT2D eigenvalue weighted by molar-refractivity contribution is 5.92. The monoisotopic (exact) mass is 366 g/mol. The fraction of sp³-hybridized carbons (Fsp3) is 0.200. The summed E-state index contributed by atoms with van der Waals surface area (Å²) in [7, 11) is 0. The van der Waals surface area contributed by atoms with Gasteiger partial charge in [-0.05, 0) is 49.2 Å². The average Bonchev–Trinajstić information content (AvgIpc) is 2.67. The van der Waals surface area contributed by atoms with E-state index in [4.69, 9.17) is 4.94 Å². The van der Waals surface area contributed by atoms with Crippen LogP contribution in [0.15, 0.2) is 73.4 Å². The Morgan fingerprint density at radius 2 is 1.15 bits per heavy atom. The van der Waals surface area contributed by atoms with Crippen LogP contribution in [0.3, 0.4) is 0 Å². The second-order valence-corrected chi connectivity index (χ2v) is 6.04. The number of hydrogen-bond donors (Lipinski definition) is 0. The van der Waals surface area contributed by atoms with Crippen LogP contribution in [0.2, 0.25) is 0 Å². The molecule has 0 saturated heterocycles. The van der Waals surface area contributed by atoms with Gasteiger partial charge in [0.1, 0.15) is 0 Å². The zero-order valence-corrected chi connectivity index (χ0v) is 15.5. The van der Waals surface area contributed by atoms with Crippen LogP contribution in [0.4, 0.5) is 0 Å². The minimum Gasteiger partial charge on any atom is -0.267 e. The summed E-state index contributed by atoms with van der Waals surface area (Å²) in [5, 5.41) is 2.19. The van der Waals surface area contributed by atoms with Gasteiger partial charge in [0.25, 0.3) is 11.8 Å². The molecule has 2 amide bonds. The minimum atomic E-state index is -0.430. The molecule has 27 heavy (non-hydrogen) atoms. The van der Waals surface area contributed by atoms with E-state index in [1.165, 1.54) is 0 Å². The van der Waals surface area contributed by atoms with E-state index in [2.05, 4.69) is 23.1 Å². The van der Waals surface area contributed by atoms with Crippen LogP contribution in [0, 0.1) is 0 Å². The van der Waals surface area contributed by atoms with Crippen molar-refractivity contribution in [1.29, 1.82) is 0 Å². The lowest BCUT2D eigenvalue weighted by molar-refractivity contribution is -0.301. The van der Waals surface area contributed by atoms with Crippen LogP contribution < -0.4 is 0 Å². The second kappa shape index (κ2) is 9.40. The summed E-state index contributed by atoms with van der Waals surface area (Å²) in [6, 6.07) is 7.04. The predicted octanol–water partition coefficient (Wildman–Crippen LogP) is 2.83. The van der Waals surface area contributed by atoms with Gasteiger partial charge in [-0.3, -0.25) is 19.6 Å². The van der Waals surface area contributed by atoms with Crippen molar-refractivity contribution in [1.82, 2.24) is 20.1 Å². The molecule has 0 atom stereocenters. The molecule has 7 nitrogen and oxygen atoms in total. The lowest BCUT2D eigenvalue weighted by atomic mass is 10.2. The molecule has 0 aromatic carbocycles. The molecule has 0 radical (unpaired) electrons. The van der Waals surface area contributed by atoms with E-state index in [0.29, 0.717) is 0 Å². The van der Waals surface area contributed by atoms with Crippen LogP contribution in [0.1, 0.15) is 25.0 Å². The van der Waals surface area contributed by atoms with Crippen molar-refractivity contribution in [2.75, 3.05) is 0 Å². The number of pyridine rings is 2. The number of amides is 2. The number of carbonyl (C=O) groups excluding carboxylic acids is 2. The zero-order chi connectivity index (χ0) is 19.8.